The lowest BCUT2D eigenvalue weighted by molar-refractivity contribution is -0.385. The minimum Gasteiger partial charge on any atom is -0.372 e. The number of Topliss-reactive ketones (excluding diaryl/α,β-unsaturated/α-hetero) is 1. The normalized spacial score (nSPS) is 14.3. The molecule has 0 radical (unpaired) electrons. The molecule has 0 saturated carbocycles. The molecule has 1 atom stereocenters. The number of ketones is 1. The number of aromatic nitrogens is 1. The highest BCUT2D eigenvalue weighted by molar-refractivity contribution is 6.07. The molecule has 34 heavy (non-hydrogen) atoms. The van der Waals surface area contributed by atoms with Gasteiger partial charge in [0.25, 0.3) is 11.6 Å². The number of nitrogens with zero attached hydrogens (tertiary/aromatic N) is 3. The van der Waals surface area contributed by atoms with Gasteiger partial charge in [0.15, 0.2) is 0 Å². The minimum absolute atomic E-state index is 0.00940. The van der Waals surface area contributed by atoms with Crippen molar-refractivity contribution in [1.82, 2.24) is 4.98 Å². The van der Waals surface area contributed by atoms with Crippen LogP contribution < -0.4 is 10.2 Å². The van der Waals surface area contributed by atoms with E-state index >= 15 is 0 Å². The Labute approximate surface area is 197 Å². The second-order valence-electron chi connectivity index (χ2n) is 8.39. The van der Waals surface area contributed by atoms with E-state index in [0.717, 1.165) is 43.6 Å². The molecule has 1 unspecified atom stereocenters. The summed E-state index contributed by atoms with van der Waals surface area (Å²) in [4.78, 5) is 42.7. The molecule has 1 aromatic heterocycles. The predicted octanol–water partition coefficient (Wildman–Crippen LogP) is 4.95. The van der Waals surface area contributed by atoms with Crippen LogP contribution in [0.2, 0.25) is 0 Å². The molecule has 1 aliphatic heterocycles. The number of hydrogen-bond donors (Lipinski definition) is 1. The lowest BCUT2D eigenvalue weighted by Gasteiger charge is -2.29. The summed E-state index contributed by atoms with van der Waals surface area (Å²) in [5.74, 6) is -0.825. The van der Waals surface area contributed by atoms with Crippen LogP contribution in [0.5, 0.6) is 0 Å². The zero-order valence-corrected chi connectivity index (χ0v) is 18.9. The van der Waals surface area contributed by atoms with Gasteiger partial charge in [0.05, 0.1) is 10.8 Å². The van der Waals surface area contributed by atoms with Crippen LogP contribution in [-0.4, -0.2) is 34.7 Å². The fourth-order valence-corrected chi connectivity index (χ4v) is 4.35. The second-order valence-corrected chi connectivity index (χ2v) is 8.39. The molecule has 0 bridgehead atoms. The molecule has 4 rings (SSSR count). The van der Waals surface area contributed by atoms with Crippen molar-refractivity contribution in [2.75, 3.05) is 23.3 Å². The van der Waals surface area contributed by atoms with Gasteiger partial charge in [-0.15, -0.1) is 0 Å². The van der Waals surface area contributed by atoms with Crippen molar-refractivity contribution in [2.24, 2.45) is 0 Å². The zero-order chi connectivity index (χ0) is 24.1. The van der Waals surface area contributed by atoms with Gasteiger partial charge in [0.2, 0.25) is 0 Å². The van der Waals surface area contributed by atoms with Crippen LogP contribution in [0.25, 0.3) is 0 Å². The average Bonchev–Trinajstić information content (AvgIpc) is 2.86. The average molecular weight is 459 g/mol. The Kier molecular flexibility index (Phi) is 6.96. The Morgan fingerprint density at radius 1 is 1.00 bits per heavy atom. The first kappa shape index (κ1) is 23.1. The first-order valence-electron chi connectivity index (χ1n) is 11.3. The molecule has 1 aliphatic rings. The lowest BCUT2D eigenvalue weighted by Crippen LogP contribution is -2.29. The molecule has 1 fully saturated rings. The van der Waals surface area contributed by atoms with Gasteiger partial charge >= 0.3 is 0 Å². The quantitative estimate of drug-likeness (QED) is 0.397. The van der Waals surface area contributed by atoms with Crippen LogP contribution in [0, 0.1) is 10.1 Å². The van der Waals surface area contributed by atoms with Crippen LogP contribution in [0.3, 0.4) is 0 Å². The molecule has 8 nitrogen and oxygen atoms in total. The molecule has 1 saturated heterocycles. The van der Waals surface area contributed by atoms with Gasteiger partial charge in [-0.2, -0.15) is 0 Å². The van der Waals surface area contributed by atoms with E-state index in [2.05, 4.69) is 15.2 Å². The summed E-state index contributed by atoms with van der Waals surface area (Å²) in [7, 11) is 0. The summed E-state index contributed by atoms with van der Waals surface area (Å²) < 4.78 is 0. The molecule has 2 aromatic carbocycles. The highest BCUT2D eigenvalue weighted by Gasteiger charge is 2.24. The Morgan fingerprint density at radius 2 is 1.74 bits per heavy atom. The molecule has 3 aromatic rings. The number of nitrogens with one attached hydrogen (secondary N) is 1. The second kappa shape index (κ2) is 10.2. The number of rotatable bonds is 7. The Morgan fingerprint density at radius 3 is 2.35 bits per heavy atom. The van der Waals surface area contributed by atoms with Crippen molar-refractivity contribution in [3.05, 3.63) is 93.7 Å². The standard InChI is InChI=1S/C26H26N4O4/c1-18(31)25(19-8-4-2-5-9-19)20-10-13-24(27-17-20)28-26(32)22-16-21(11-12-23(22)30(33)34)29-14-6-3-7-15-29/h2,4-5,8-13,16-17,25H,3,6-7,14-15H2,1H3,(H,27,28,32). The van der Waals surface area contributed by atoms with E-state index in [1.54, 1.807) is 30.5 Å². The molecule has 0 aliphatic carbocycles. The first-order valence-corrected chi connectivity index (χ1v) is 11.3. The summed E-state index contributed by atoms with van der Waals surface area (Å²) in [5, 5.41) is 14.2. The molecule has 1 N–H and O–H groups in total. The van der Waals surface area contributed by atoms with Gasteiger partial charge < -0.3 is 10.2 Å². The number of carbonyl (C=O) groups is 2. The van der Waals surface area contributed by atoms with E-state index in [9.17, 15) is 19.7 Å². The van der Waals surface area contributed by atoms with Gasteiger partial charge in [-0.1, -0.05) is 36.4 Å². The number of nitro groups is 1. The number of hydrogen-bond acceptors (Lipinski definition) is 6. The fourth-order valence-electron chi connectivity index (χ4n) is 4.35. The van der Waals surface area contributed by atoms with E-state index in [0.29, 0.717) is 5.56 Å². The van der Waals surface area contributed by atoms with Crippen LogP contribution in [-0.2, 0) is 4.79 Å². The number of pyridine rings is 1. The fraction of sp³-hybridized carbons (Fsp3) is 0.269. The Balaban J connectivity index is 1.56. The van der Waals surface area contributed by atoms with E-state index in [-0.39, 0.29) is 22.9 Å². The Bertz CT molecular complexity index is 1190. The van der Waals surface area contributed by atoms with Gasteiger partial charge in [-0.25, -0.2) is 4.98 Å². The maximum absolute atomic E-state index is 13.0. The molecule has 174 valence electrons. The monoisotopic (exact) mass is 458 g/mol. The number of piperidine rings is 1. The topological polar surface area (TPSA) is 105 Å². The molecular weight excluding hydrogens is 432 g/mol. The third kappa shape index (κ3) is 5.11. The number of carbonyl (C=O) groups excluding carboxylic acids is 2. The number of benzene rings is 2. The maximum atomic E-state index is 13.0. The summed E-state index contributed by atoms with van der Waals surface area (Å²) in [6.07, 6.45) is 4.82. The van der Waals surface area contributed by atoms with Gasteiger partial charge in [-0.05, 0) is 55.5 Å². The van der Waals surface area contributed by atoms with Crippen LogP contribution >= 0.6 is 0 Å². The van der Waals surface area contributed by atoms with E-state index in [1.165, 1.54) is 13.0 Å². The number of amides is 1. The Hall–Kier alpha value is -4.07. The maximum Gasteiger partial charge on any atom is 0.282 e. The molecule has 2 heterocycles. The summed E-state index contributed by atoms with van der Waals surface area (Å²) in [6, 6.07) is 17.4. The summed E-state index contributed by atoms with van der Waals surface area (Å²) in [6.45, 7) is 3.25. The highest BCUT2D eigenvalue weighted by atomic mass is 16.6. The molecule has 0 spiro atoms. The zero-order valence-electron chi connectivity index (χ0n) is 18.9. The van der Waals surface area contributed by atoms with E-state index < -0.39 is 16.7 Å². The smallest absolute Gasteiger partial charge is 0.282 e. The largest absolute Gasteiger partial charge is 0.372 e. The van der Waals surface area contributed by atoms with Crippen molar-refractivity contribution < 1.29 is 14.5 Å². The highest BCUT2D eigenvalue weighted by Crippen LogP contribution is 2.29. The number of nitro benzene ring substituents is 1. The van der Waals surface area contributed by atoms with Crippen molar-refractivity contribution in [3.63, 3.8) is 0 Å². The van der Waals surface area contributed by atoms with Gasteiger partial charge in [0, 0.05) is 31.0 Å². The van der Waals surface area contributed by atoms with Crippen molar-refractivity contribution >= 4 is 28.9 Å². The minimum atomic E-state index is -0.600. The van der Waals surface area contributed by atoms with Crippen LogP contribution in [0.15, 0.2) is 66.9 Å². The first-order chi connectivity index (χ1) is 16.4. The number of anilines is 2. The van der Waals surface area contributed by atoms with Crippen molar-refractivity contribution in [2.45, 2.75) is 32.1 Å². The third-order valence-corrected chi connectivity index (χ3v) is 6.04. The van der Waals surface area contributed by atoms with Crippen molar-refractivity contribution in [3.8, 4) is 0 Å². The summed E-state index contributed by atoms with van der Waals surface area (Å²) in [5.41, 5.74) is 2.10. The molecule has 8 heteroatoms. The van der Waals surface area contributed by atoms with Gasteiger partial charge in [0.1, 0.15) is 17.2 Å². The SMILES string of the molecule is CC(=O)C(c1ccccc1)c1ccc(NC(=O)c2cc(N3CCCCC3)ccc2[N+](=O)[O-])nc1. The van der Waals surface area contributed by atoms with Gasteiger partial charge in [-0.3, -0.25) is 19.7 Å². The van der Waals surface area contributed by atoms with Crippen LogP contribution in [0.1, 0.15) is 53.6 Å². The molecule has 1 amide bonds. The van der Waals surface area contributed by atoms with Crippen LogP contribution in [0.4, 0.5) is 17.2 Å². The van der Waals surface area contributed by atoms with E-state index in [1.807, 2.05) is 30.3 Å². The van der Waals surface area contributed by atoms with E-state index in [4.69, 9.17) is 0 Å². The molecular formula is C26H26N4O4. The third-order valence-electron chi connectivity index (χ3n) is 6.04. The summed E-state index contributed by atoms with van der Waals surface area (Å²) >= 11 is 0. The van der Waals surface area contributed by atoms with Crippen molar-refractivity contribution in [1.29, 1.82) is 0 Å². The predicted molar refractivity (Wildman–Crippen MR) is 130 cm³/mol. The lowest BCUT2D eigenvalue weighted by atomic mass is 9.89.